The van der Waals surface area contributed by atoms with Crippen molar-refractivity contribution in [2.45, 2.75) is 5.75 Å². The number of thioether (sulfide) groups is 1. The van der Waals surface area contributed by atoms with Gasteiger partial charge in [0.25, 0.3) is 0 Å². The smallest absolute Gasteiger partial charge is 0.0521 e. The minimum atomic E-state index is 0.256. The predicted molar refractivity (Wildman–Crippen MR) is 59.8 cm³/mol. The Hall–Kier alpha value is -0.730. The molecule has 13 heavy (non-hydrogen) atoms. The van der Waals surface area contributed by atoms with Crippen LogP contribution in [0.4, 0.5) is 0 Å². The van der Waals surface area contributed by atoms with E-state index in [-0.39, 0.29) is 6.61 Å². The highest BCUT2D eigenvalue weighted by atomic mass is 32.2. The SMILES string of the molecule is C=Cc1cccc(CSCCO)c1. The summed E-state index contributed by atoms with van der Waals surface area (Å²) in [6.45, 7) is 3.98. The van der Waals surface area contributed by atoms with E-state index in [0.717, 1.165) is 17.1 Å². The maximum absolute atomic E-state index is 8.61. The normalized spacial score (nSPS) is 9.92. The van der Waals surface area contributed by atoms with Gasteiger partial charge in [0.2, 0.25) is 0 Å². The minimum Gasteiger partial charge on any atom is -0.396 e. The Labute approximate surface area is 83.5 Å². The summed E-state index contributed by atoms with van der Waals surface area (Å²) in [7, 11) is 0. The van der Waals surface area contributed by atoms with Gasteiger partial charge in [0.15, 0.2) is 0 Å². The summed E-state index contributed by atoms with van der Waals surface area (Å²) in [6, 6.07) is 8.29. The molecule has 1 aromatic rings. The summed E-state index contributed by atoms with van der Waals surface area (Å²) in [6.07, 6.45) is 1.85. The molecule has 0 saturated heterocycles. The molecule has 0 bridgehead atoms. The lowest BCUT2D eigenvalue weighted by Gasteiger charge is -2.01. The molecule has 0 amide bonds. The van der Waals surface area contributed by atoms with Crippen molar-refractivity contribution >= 4 is 17.8 Å². The molecular formula is C11H14OS. The topological polar surface area (TPSA) is 20.2 Å². The molecule has 1 N–H and O–H groups in total. The van der Waals surface area contributed by atoms with Crippen LogP contribution < -0.4 is 0 Å². The van der Waals surface area contributed by atoms with Crippen LogP contribution in [0.2, 0.25) is 0 Å². The molecule has 0 unspecified atom stereocenters. The minimum absolute atomic E-state index is 0.256. The van der Waals surface area contributed by atoms with Crippen molar-refractivity contribution in [1.82, 2.24) is 0 Å². The number of hydrogen-bond acceptors (Lipinski definition) is 2. The molecule has 0 spiro atoms. The van der Waals surface area contributed by atoms with E-state index in [2.05, 4.69) is 18.7 Å². The molecular weight excluding hydrogens is 180 g/mol. The van der Waals surface area contributed by atoms with Crippen molar-refractivity contribution in [2.75, 3.05) is 12.4 Å². The largest absolute Gasteiger partial charge is 0.396 e. The van der Waals surface area contributed by atoms with Crippen LogP contribution in [0.3, 0.4) is 0 Å². The molecule has 0 aromatic heterocycles. The monoisotopic (exact) mass is 194 g/mol. The molecule has 0 fully saturated rings. The summed E-state index contributed by atoms with van der Waals surface area (Å²) >= 11 is 1.74. The van der Waals surface area contributed by atoms with Crippen molar-refractivity contribution in [3.05, 3.63) is 42.0 Å². The lowest BCUT2D eigenvalue weighted by molar-refractivity contribution is 0.322. The molecule has 0 atom stereocenters. The highest BCUT2D eigenvalue weighted by Crippen LogP contribution is 2.13. The lowest BCUT2D eigenvalue weighted by atomic mass is 10.1. The first-order chi connectivity index (χ1) is 6.36. The van der Waals surface area contributed by atoms with Gasteiger partial charge >= 0.3 is 0 Å². The van der Waals surface area contributed by atoms with Crippen LogP contribution in [0.5, 0.6) is 0 Å². The third-order valence-corrected chi connectivity index (χ3v) is 2.70. The lowest BCUT2D eigenvalue weighted by Crippen LogP contribution is -1.88. The zero-order valence-electron chi connectivity index (χ0n) is 7.57. The van der Waals surface area contributed by atoms with Gasteiger partial charge in [-0.15, -0.1) is 0 Å². The molecule has 2 heteroatoms. The van der Waals surface area contributed by atoms with E-state index in [1.807, 2.05) is 18.2 Å². The molecule has 1 aromatic carbocycles. The first-order valence-electron chi connectivity index (χ1n) is 4.27. The second-order valence-corrected chi connectivity index (χ2v) is 3.83. The van der Waals surface area contributed by atoms with E-state index in [0.29, 0.717) is 0 Å². The summed E-state index contributed by atoms with van der Waals surface area (Å²) in [4.78, 5) is 0. The molecule has 1 nitrogen and oxygen atoms in total. The van der Waals surface area contributed by atoms with Crippen LogP contribution >= 0.6 is 11.8 Å². The zero-order valence-corrected chi connectivity index (χ0v) is 8.39. The molecule has 1 rings (SSSR count). The van der Waals surface area contributed by atoms with Gasteiger partial charge in [-0.1, -0.05) is 36.9 Å². The molecule has 0 aliphatic rings. The van der Waals surface area contributed by atoms with Crippen molar-refractivity contribution < 1.29 is 5.11 Å². The fourth-order valence-corrected chi connectivity index (χ4v) is 1.75. The van der Waals surface area contributed by atoms with Gasteiger partial charge in [0.1, 0.15) is 0 Å². The second-order valence-electron chi connectivity index (χ2n) is 2.73. The van der Waals surface area contributed by atoms with Crippen LogP contribution in [0.25, 0.3) is 6.08 Å². The van der Waals surface area contributed by atoms with Crippen molar-refractivity contribution in [3.8, 4) is 0 Å². The van der Waals surface area contributed by atoms with Gasteiger partial charge in [-0.25, -0.2) is 0 Å². The Kier molecular flexibility index (Phi) is 4.65. The quantitative estimate of drug-likeness (QED) is 0.727. The van der Waals surface area contributed by atoms with Crippen molar-refractivity contribution in [3.63, 3.8) is 0 Å². The third kappa shape index (κ3) is 3.66. The van der Waals surface area contributed by atoms with E-state index in [1.165, 1.54) is 5.56 Å². The summed E-state index contributed by atoms with van der Waals surface area (Å²) in [5, 5.41) is 8.61. The van der Waals surface area contributed by atoms with Gasteiger partial charge < -0.3 is 5.11 Å². The Morgan fingerprint density at radius 2 is 2.31 bits per heavy atom. The average molecular weight is 194 g/mol. The van der Waals surface area contributed by atoms with Gasteiger partial charge in [-0.05, 0) is 11.1 Å². The van der Waals surface area contributed by atoms with Crippen LogP contribution in [0.1, 0.15) is 11.1 Å². The maximum atomic E-state index is 8.61. The molecule has 0 radical (unpaired) electrons. The Balaban J connectivity index is 2.51. The second kappa shape index (κ2) is 5.84. The zero-order chi connectivity index (χ0) is 9.52. The molecule has 0 aliphatic carbocycles. The standard InChI is InChI=1S/C11H14OS/c1-2-10-4-3-5-11(8-10)9-13-7-6-12/h2-5,8,12H,1,6-7,9H2. The molecule has 0 heterocycles. The van der Waals surface area contributed by atoms with Gasteiger partial charge in [-0.3, -0.25) is 0 Å². The number of aliphatic hydroxyl groups is 1. The van der Waals surface area contributed by atoms with Gasteiger partial charge in [0, 0.05) is 11.5 Å². The number of rotatable bonds is 5. The fourth-order valence-electron chi connectivity index (χ4n) is 1.06. The Morgan fingerprint density at radius 1 is 1.46 bits per heavy atom. The van der Waals surface area contributed by atoms with Gasteiger partial charge in [0.05, 0.1) is 6.61 Å². The van der Waals surface area contributed by atoms with Crippen LogP contribution in [-0.2, 0) is 5.75 Å². The maximum Gasteiger partial charge on any atom is 0.0521 e. The van der Waals surface area contributed by atoms with E-state index < -0.39 is 0 Å². The van der Waals surface area contributed by atoms with E-state index >= 15 is 0 Å². The Bertz CT molecular complexity index is 271. The molecule has 0 aliphatic heterocycles. The number of hydrogen-bond donors (Lipinski definition) is 1. The van der Waals surface area contributed by atoms with Crippen LogP contribution in [-0.4, -0.2) is 17.5 Å². The summed E-state index contributed by atoms with van der Waals surface area (Å²) in [5.41, 5.74) is 2.44. The van der Waals surface area contributed by atoms with Crippen LogP contribution in [0, 0.1) is 0 Å². The number of aliphatic hydroxyl groups excluding tert-OH is 1. The number of benzene rings is 1. The third-order valence-electron chi connectivity index (χ3n) is 1.69. The highest BCUT2D eigenvalue weighted by molar-refractivity contribution is 7.98. The molecule has 70 valence electrons. The Morgan fingerprint density at radius 3 is 3.00 bits per heavy atom. The first-order valence-corrected chi connectivity index (χ1v) is 5.42. The van der Waals surface area contributed by atoms with Crippen molar-refractivity contribution in [1.29, 1.82) is 0 Å². The van der Waals surface area contributed by atoms with E-state index in [1.54, 1.807) is 11.8 Å². The van der Waals surface area contributed by atoms with Crippen molar-refractivity contribution in [2.24, 2.45) is 0 Å². The predicted octanol–water partition coefficient (Wildman–Crippen LogP) is 2.56. The summed E-state index contributed by atoms with van der Waals surface area (Å²) in [5.74, 6) is 1.76. The van der Waals surface area contributed by atoms with Crippen LogP contribution in [0.15, 0.2) is 30.8 Å². The fraction of sp³-hybridized carbons (Fsp3) is 0.273. The van der Waals surface area contributed by atoms with Gasteiger partial charge in [-0.2, -0.15) is 11.8 Å². The highest BCUT2D eigenvalue weighted by Gasteiger charge is 1.93. The summed E-state index contributed by atoms with van der Waals surface area (Å²) < 4.78 is 0. The average Bonchev–Trinajstić information content (AvgIpc) is 2.19. The van der Waals surface area contributed by atoms with E-state index in [4.69, 9.17) is 5.11 Å². The molecule has 0 saturated carbocycles. The first kappa shape index (κ1) is 10.4. The van der Waals surface area contributed by atoms with E-state index in [9.17, 15) is 0 Å².